The fourth-order valence-electron chi connectivity index (χ4n) is 5.68. The van der Waals surface area contributed by atoms with Gasteiger partial charge in [0, 0.05) is 24.6 Å². The largest absolute Gasteiger partial charge is 0.381 e. The van der Waals surface area contributed by atoms with Crippen molar-refractivity contribution in [1.82, 2.24) is 0 Å². The molecule has 0 fully saturated rings. The maximum atomic E-state index is 13.0. The molecule has 6 nitrogen and oxygen atoms in total. The molecule has 4 aromatic carbocycles. The highest BCUT2D eigenvalue weighted by molar-refractivity contribution is 7.96. The van der Waals surface area contributed by atoms with Crippen molar-refractivity contribution in [3.63, 3.8) is 0 Å². The zero-order valence-corrected chi connectivity index (χ0v) is 21.6. The Hall–Kier alpha value is -3.86. The van der Waals surface area contributed by atoms with Crippen molar-refractivity contribution in [2.45, 2.75) is 25.1 Å². The maximum Gasteiger partial charge on any atom is 0.269 e. The number of nitro groups is 1. The van der Waals surface area contributed by atoms with E-state index in [1.165, 1.54) is 19.1 Å². The molecule has 0 bridgehead atoms. The minimum atomic E-state index is -2.64. The van der Waals surface area contributed by atoms with Crippen LogP contribution in [0.2, 0.25) is 0 Å². The molecule has 1 aliphatic heterocycles. The second kappa shape index (κ2) is 9.55. The number of hydrogen-bond acceptors (Lipinski definition) is 4. The number of nitro benzene ring substituents is 1. The third-order valence-corrected chi connectivity index (χ3v) is 12.3. The lowest BCUT2D eigenvalue weighted by molar-refractivity contribution is -0.385. The van der Waals surface area contributed by atoms with Crippen LogP contribution in [0.15, 0.2) is 109 Å². The van der Waals surface area contributed by atoms with E-state index in [0.29, 0.717) is 11.3 Å². The summed E-state index contributed by atoms with van der Waals surface area (Å²) in [6, 6.07) is 34.8. The van der Waals surface area contributed by atoms with Crippen LogP contribution in [0.5, 0.6) is 0 Å². The van der Waals surface area contributed by atoms with Crippen LogP contribution in [0.3, 0.4) is 0 Å². The first-order chi connectivity index (χ1) is 17.8. The zero-order valence-electron chi connectivity index (χ0n) is 20.7. The second-order valence-corrected chi connectivity index (χ2v) is 13.1. The maximum absolute atomic E-state index is 13.0. The van der Waals surface area contributed by atoms with Crippen molar-refractivity contribution in [3.8, 4) is 0 Å². The lowest BCUT2D eigenvalue weighted by atomic mass is 9.86. The Morgan fingerprint density at radius 1 is 0.892 bits per heavy atom. The van der Waals surface area contributed by atoms with Crippen molar-refractivity contribution in [3.05, 3.63) is 125 Å². The normalized spacial score (nSPS) is 19.2. The molecule has 5 rings (SSSR count). The number of anilines is 1. The summed E-state index contributed by atoms with van der Waals surface area (Å²) in [5, 5.41) is 27.4. The highest BCUT2D eigenvalue weighted by Crippen LogP contribution is 2.66. The minimum absolute atomic E-state index is 0.119. The molecule has 0 aliphatic carbocycles. The summed E-state index contributed by atoms with van der Waals surface area (Å²) in [5.74, 6) is -0.178. The van der Waals surface area contributed by atoms with Crippen molar-refractivity contribution < 1.29 is 14.8 Å². The first-order valence-electron chi connectivity index (χ1n) is 12.1. The first-order valence-corrected chi connectivity index (χ1v) is 14.0. The number of aliphatic hydroxyl groups is 1. The molecule has 186 valence electrons. The highest BCUT2D eigenvalue weighted by Gasteiger charge is 2.62. The molecule has 1 amide bonds. The fraction of sp³-hybridized carbons (Fsp3) is 0.167. The summed E-state index contributed by atoms with van der Waals surface area (Å²) in [6.07, 6.45) is 0. The molecule has 0 radical (unpaired) electrons. The molecule has 0 aromatic heterocycles. The molecule has 0 saturated heterocycles. The summed E-state index contributed by atoms with van der Waals surface area (Å²) in [4.78, 5) is 25.9. The second-order valence-electron chi connectivity index (χ2n) is 9.48. The minimum Gasteiger partial charge on any atom is -0.381 e. The number of nitrogens with zero attached hydrogens (tertiary/aromatic N) is 2. The molecule has 2 atom stereocenters. The van der Waals surface area contributed by atoms with E-state index in [1.807, 2.05) is 54.6 Å². The van der Waals surface area contributed by atoms with Crippen molar-refractivity contribution in [2.75, 3.05) is 11.4 Å². The standard InChI is InChI=1S/C30H28N2O4P/c1-22(33)31-21-29(30(2,34)27-20-23(32(35)36)18-19-28(27)31)37(24-12-6-3-7-13-24,25-14-8-4-9-15-25)26-16-10-5-11-17-26/h3-20,29,34H,21H2,1-2H3/q+1. The van der Waals surface area contributed by atoms with Gasteiger partial charge in [-0.3, -0.25) is 14.9 Å². The first kappa shape index (κ1) is 24.8. The molecule has 37 heavy (non-hydrogen) atoms. The Balaban J connectivity index is 1.89. The fourth-order valence-corrected chi connectivity index (χ4v) is 10.9. The number of hydrogen-bond donors (Lipinski definition) is 1. The van der Waals surface area contributed by atoms with E-state index in [2.05, 4.69) is 36.4 Å². The zero-order chi connectivity index (χ0) is 26.2. The van der Waals surface area contributed by atoms with E-state index < -0.39 is 23.4 Å². The van der Waals surface area contributed by atoms with Crippen molar-refractivity contribution in [2.24, 2.45) is 0 Å². The van der Waals surface area contributed by atoms with Crippen LogP contribution in [0.1, 0.15) is 19.4 Å². The van der Waals surface area contributed by atoms with Crippen LogP contribution in [-0.2, 0) is 10.4 Å². The summed E-state index contributed by atoms with van der Waals surface area (Å²) in [5.41, 5.74) is -1.19. The van der Waals surface area contributed by atoms with E-state index >= 15 is 0 Å². The van der Waals surface area contributed by atoms with Gasteiger partial charge in [-0.25, -0.2) is 0 Å². The van der Waals surface area contributed by atoms with E-state index in [1.54, 1.807) is 17.9 Å². The van der Waals surface area contributed by atoms with E-state index in [4.69, 9.17) is 0 Å². The SMILES string of the molecule is CC(=O)N1CC([P+](c2ccccc2)(c2ccccc2)c2ccccc2)C(C)(O)c2cc([N+](=O)[O-])ccc21. The molecule has 1 heterocycles. The van der Waals surface area contributed by atoms with E-state index in [9.17, 15) is 20.0 Å². The molecule has 0 saturated carbocycles. The smallest absolute Gasteiger partial charge is 0.269 e. The van der Waals surface area contributed by atoms with Crippen LogP contribution >= 0.6 is 7.26 Å². The Bertz CT molecular complexity index is 1350. The van der Waals surface area contributed by atoms with Gasteiger partial charge < -0.3 is 10.0 Å². The predicted molar refractivity (Wildman–Crippen MR) is 150 cm³/mol. The van der Waals surface area contributed by atoms with E-state index in [0.717, 1.165) is 15.9 Å². The predicted octanol–water partition coefficient (Wildman–Crippen LogP) is 4.53. The van der Waals surface area contributed by atoms with Crippen LogP contribution < -0.4 is 20.8 Å². The number of carbonyl (C=O) groups is 1. The Labute approximate surface area is 216 Å². The van der Waals surface area contributed by atoms with Crippen LogP contribution in [-0.4, -0.2) is 28.1 Å². The molecule has 7 heteroatoms. The summed E-state index contributed by atoms with van der Waals surface area (Å²) < 4.78 is 0. The highest BCUT2D eigenvalue weighted by atomic mass is 31.2. The molecule has 1 aliphatic rings. The van der Waals surface area contributed by atoms with Gasteiger partial charge in [0.05, 0.1) is 17.2 Å². The Morgan fingerprint density at radius 3 is 1.76 bits per heavy atom. The van der Waals surface area contributed by atoms with Crippen LogP contribution in [0.4, 0.5) is 11.4 Å². The third-order valence-electron chi connectivity index (χ3n) is 7.37. The quantitative estimate of drug-likeness (QED) is 0.242. The van der Waals surface area contributed by atoms with Crippen LogP contribution in [0.25, 0.3) is 0 Å². The van der Waals surface area contributed by atoms with Gasteiger partial charge in [0.1, 0.15) is 34.4 Å². The van der Waals surface area contributed by atoms with Crippen molar-refractivity contribution in [1.29, 1.82) is 0 Å². The molecular formula is C30H28N2O4P+. The van der Waals surface area contributed by atoms with Gasteiger partial charge in [0.15, 0.2) is 0 Å². The van der Waals surface area contributed by atoms with Gasteiger partial charge in [-0.05, 0) is 49.4 Å². The molecular weight excluding hydrogens is 483 g/mol. The topological polar surface area (TPSA) is 83.7 Å². The Kier molecular flexibility index (Phi) is 6.40. The third kappa shape index (κ3) is 4.03. The Morgan fingerprint density at radius 2 is 1.35 bits per heavy atom. The lowest BCUT2D eigenvalue weighted by Crippen LogP contribution is -2.57. The number of amides is 1. The molecule has 0 spiro atoms. The van der Waals surface area contributed by atoms with Gasteiger partial charge in [-0.15, -0.1) is 0 Å². The van der Waals surface area contributed by atoms with Gasteiger partial charge in [0.2, 0.25) is 5.91 Å². The van der Waals surface area contributed by atoms with Crippen molar-refractivity contribution >= 4 is 40.5 Å². The number of rotatable bonds is 5. The lowest BCUT2D eigenvalue weighted by Gasteiger charge is -2.48. The number of carbonyl (C=O) groups excluding carboxylic acids is 1. The number of benzene rings is 4. The summed E-state index contributed by atoms with van der Waals surface area (Å²) in [7, 11) is -2.64. The average molecular weight is 512 g/mol. The van der Waals surface area contributed by atoms with Gasteiger partial charge in [-0.1, -0.05) is 54.6 Å². The van der Waals surface area contributed by atoms with E-state index in [-0.39, 0.29) is 18.1 Å². The van der Waals surface area contributed by atoms with Crippen LogP contribution in [0, 0.1) is 10.1 Å². The summed E-state index contributed by atoms with van der Waals surface area (Å²) in [6.45, 7) is 3.50. The average Bonchev–Trinajstić information content (AvgIpc) is 2.91. The van der Waals surface area contributed by atoms with Gasteiger partial charge in [0.25, 0.3) is 5.69 Å². The number of fused-ring (bicyclic) bond motifs is 1. The molecule has 2 unspecified atom stereocenters. The summed E-state index contributed by atoms with van der Waals surface area (Å²) >= 11 is 0. The number of non-ortho nitro benzene ring substituents is 1. The molecule has 4 aromatic rings. The monoisotopic (exact) mass is 511 g/mol. The molecule has 1 N–H and O–H groups in total. The van der Waals surface area contributed by atoms with Gasteiger partial charge >= 0.3 is 0 Å². The van der Waals surface area contributed by atoms with Gasteiger partial charge in [-0.2, -0.15) is 0 Å².